The molecule has 6 rings (SSSR count). The van der Waals surface area contributed by atoms with Crippen molar-refractivity contribution in [1.29, 1.82) is 0 Å². The number of rotatable bonds is 21. The number of allylic oxidation sites excluding steroid dienone is 3. The maximum atomic E-state index is 14.3. The normalized spacial score (nSPS) is 28.6. The van der Waals surface area contributed by atoms with Crippen molar-refractivity contribution in [2.45, 2.75) is 107 Å². The molecule has 7 amide bonds. The molecule has 0 aliphatic carbocycles. The van der Waals surface area contributed by atoms with Gasteiger partial charge in [0, 0.05) is 64.3 Å². The van der Waals surface area contributed by atoms with Gasteiger partial charge in [-0.15, -0.1) is 11.8 Å². The summed E-state index contributed by atoms with van der Waals surface area (Å²) < 4.78 is 45.8. The molecule has 3 fully saturated rings. The summed E-state index contributed by atoms with van der Waals surface area (Å²) in [5, 5.41) is 13.8. The molecule has 5 aliphatic heterocycles. The van der Waals surface area contributed by atoms with Crippen LogP contribution in [0, 0.1) is 5.92 Å². The molecule has 0 spiro atoms. The number of anilines is 1. The van der Waals surface area contributed by atoms with Gasteiger partial charge < -0.3 is 52.8 Å². The summed E-state index contributed by atoms with van der Waals surface area (Å²) in [5.74, 6) is -3.37. The van der Waals surface area contributed by atoms with E-state index < -0.39 is 83.2 Å². The second kappa shape index (κ2) is 26.1. The largest absolute Gasteiger partial charge is 0.495 e. The Hall–Kier alpha value is -5.40. The van der Waals surface area contributed by atoms with E-state index in [0.29, 0.717) is 17.9 Å². The van der Waals surface area contributed by atoms with Crippen molar-refractivity contribution in [1.82, 2.24) is 20.0 Å². The molecule has 24 heteroatoms. The fourth-order valence-corrected chi connectivity index (χ4v) is 10.6. The van der Waals surface area contributed by atoms with E-state index in [-0.39, 0.29) is 106 Å². The number of benzene rings is 1. The molecule has 1 aromatic rings. The Kier molecular flexibility index (Phi) is 20.5. The van der Waals surface area contributed by atoms with E-state index in [2.05, 4.69) is 5.32 Å². The first-order chi connectivity index (χ1) is 35.6. The predicted molar refractivity (Wildman–Crippen MR) is 271 cm³/mol. The van der Waals surface area contributed by atoms with Crippen LogP contribution < -0.4 is 15.0 Å². The molecule has 5 aliphatic rings. The van der Waals surface area contributed by atoms with Crippen molar-refractivity contribution in [3.63, 3.8) is 0 Å². The van der Waals surface area contributed by atoms with Crippen molar-refractivity contribution in [2.24, 2.45) is 5.92 Å². The van der Waals surface area contributed by atoms with Gasteiger partial charge in [0.05, 0.1) is 83.3 Å². The lowest BCUT2D eigenvalue weighted by Gasteiger charge is -2.42. The number of fused-ring (bicyclic) bond motifs is 5. The van der Waals surface area contributed by atoms with Crippen LogP contribution in [0.3, 0.4) is 0 Å². The van der Waals surface area contributed by atoms with Crippen molar-refractivity contribution in [3.8, 4) is 5.75 Å². The summed E-state index contributed by atoms with van der Waals surface area (Å²) in [5.41, 5.74) is -1.21. The van der Waals surface area contributed by atoms with Gasteiger partial charge in [0.2, 0.25) is 23.6 Å². The number of hydrogen-bond acceptors (Lipinski definition) is 18. The van der Waals surface area contributed by atoms with Gasteiger partial charge in [0.25, 0.3) is 11.8 Å². The number of aliphatic hydroxyl groups is 1. The summed E-state index contributed by atoms with van der Waals surface area (Å²) in [6.07, 6.45) is 2.63. The van der Waals surface area contributed by atoms with Crippen LogP contribution in [0.25, 0.3) is 0 Å². The number of amides is 7. The lowest BCUT2D eigenvalue weighted by Crippen LogP contribution is -2.63. The van der Waals surface area contributed by atoms with E-state index in [1.807, 2.05) is 13.0 Å². The molecule has 3 saturated heterocycles. The number of ether oxygens (including phenoxy) is 8. The van der Waals surface area contributed by atoms with Gasteiger partial charge in [-0.2, -0.15) is 0 Å². The Morgan fingerprint density at radius 2 is 1.60 bits per heavy atom. The number of imide groups is 2. The minimum atomic E-state index is -1.89. The van der Waals surface area contributed by atoms with Crippen molar-refractivity contribution in [2.75, 3.05) is 91.7 Å². The summed E-state index contributed by atoms with van der Waals surface area (Å²) >= 11 is 7.97. The second-order valence-corrected chi connectivity index (χ2v) is 20.8. The zero-order valence-electron chi connectivity index (χ0n) is 43.5. The molecule has 8 unspecified atom stereocenters. The number of epoxide rings is 1. The number of likely N-dealkylation sites (tertiary alicyclic amines) is 1. The zero-order chi connectivity index (χ0) is 54.8. The van der Waals surface area contributed by atoms with E-state index in [1.165, 1.54) is 50.1 Å². The van der Waals surface area contributed by atoms with Crippen LogP contribution in [0.5, 0.6) is 5.75 Å². The number of nitrogens with zero attached hydrogens (tertiary/aromatic N) is 4. The first-order valence-corrected chi connectivity index (χ1v) is 26.1. The first kappa shape index (κ1) is 58.9. The molecule has 1 aromatic carbocycles. The topological polar surface area (TPSA) is 259 Å². The van der Waals surface area contributed by atoms with Gasteiger partial charge in [-0.05, 0) is 44.9 Å². The van der Waals surface area contributed by atoms with Gasteiger partial charge in [0.1, 0.15) is 40.7 Å². The zero-order valence-corrected chi connectivity index (χ0v) is 45.1. The van der Waals surface area contributed by atoms with Crippen LogP contribution >= 0.6 is 23.4 Å². The lowest BCUT2D eigenvalue weighted by molar-refractivity contribution is -0.162. The molecule has 5 heterocycles. The fourth-order valence-electron chi connectivity index (χ4n) is 9.21. The van der Waals surface area contributed by atoms with Crippen LogP contribution in [0.1, 0.15) is 58.9 Å². The van der Waals surface area contributed by atoms with E-state index >= 15 is 0 Å². The van der Waals surface area contributed by atoms with E-state index in [9.17, 15) is 43.5 Å². The van der Waals surface area contributed by atoms with Gasteiger partial charge >= 0.3 is 12.1 Å². The number of thioether (sulfide) groups is 1. The van der Waals surface area contributed by atoms with Gasteiger partial charge in [-0.3, -0.25) is 43.9 Å². The highest BCUT2D eigenvalue weighted by Crippen LogP contribution is 2.49. The Morgan fingerprint density at radius 1 is 0.960 bits per heavy atom. The van der Waals surface area contributed by atoms with Crippen LogP contribution in [0.15, 0.2) is 48.1 Å². The van der Waals surface area contributed by atoms with Gasteiger partial charge in [-0.25, -0.2) is 9.59 Å². The van der Waals surface area contributed by atoms with Crippen molar-refractivity contribution in [3.05, 3.63) is 58.7 Å². The third kappa shape index (κ3) is 14.6. The average Bonchev–Trinajstić information content (AvgIpc) is 3.87. The summed E-state index contributed by atoms with van der Waals surface area (Å²) in [6, 6.07) is 2.38. The van der Waals surface area contributed by atoms with Crippen molar-refractivity contribution >= 4 is 76.6 Å². The summed E-state index contributed by atoms with van der Waals surface area (Å²) in [7, 11) is 5.85. The molecule has 0 radical (unpaired) electrons. The number of hydrogen-bond donors (Lipinski definition) is 2. The predicted octanol–water partition coefficient (Wildman–Crippen LogP) is 2.74. The smallest absolute Gasteiger partial charge is 0.409 e. The third-order valence-corrected chi connectivity index (χ3v) is 15.5. The number of carbonyl (C=O) groups excluding carboxylic acids is 8. The minimum absolute atomic E-state index is 0.0418. The number of alkyl carbamates (subject to hydrolysis) is 1. The molecule has 4 bridgehead atoms. The molecule has 0 aromatic heterocycles. The summed E-state index contributed by atoms with van der Waals surface area (Å²) in [6.45, 7) is 8.23. The molecular formula is C51H68ClN5O17S. The fraction of sp³-hybridized carbons (Fsp3) is 0.608. The SMILES string of the molecule is COc1cc2cc(c1Cl)N(C)C(=O)CC(OC(=O)[C@H](C)N(C)C(=O)CCSC1CC(=O)N(CCOCCOCCOCCN3C(=O)C=CC3=O)C1=O)C1(C)OC1C(C)C1CC(O)(NC(=O)O1)C(OC)/C=C/C=C(\C)C2. The van der Waals surface area contributed by atoms with E-state index in [4.69, 9.17) is 49.5 Å². The maximum Gasteiger partial charge on any atom is 0.409 e. The molecule has 412 valence electrons. The van der Waals surface area contributed by atoms with E-state index in [1.54, 1.807) is 45.2 Å². The number of nitrogens with one attached hydrogen (secondary N) is 1. The Bertz CT molecular complexity index is 2400. The Labute approximate surface area is 445 Å². The van der Waals surface area contributed by atoms with Crippen LogP contribution in [0.4, 0.5) is 10.5 Å². The van der Waals surface area contributed by atoms with Crippen LogP contribution in [-0.2, 0) is 73.1 Å². The van der Waals surface area contributed by atoms with Crippen LogP contribution in [0.2, 0.25) is 5.02 Å². The molecule has 2 N–H and O–H groups in total. The Morgan fingerprint density at radius 3 is 2.24 bits per heavy atom. The standard InChI is InChI=1S/C51H68ClN5O17S/c1-30-10-9-11-38(68-8)51(66)29-36(72-49(65)53-51)31(2)46-50(4,74-46)39(28-43(61)55(6)34-25-33(24-30)26-35(67-7)45(34)52)73-48(64)32(3)54(5)40(58)14-23-75-37-27-44(62)57(47(37)63)16-18-70-20-22-71-21-19-69-17-15-56-41(59)12-13-42(56)60/h9-13,25-26,31-32,36-39,46,66H,14-24,27-29H2,1-8H3,(H,53,65)/b11-9+,30-10+/t31?,32-,36?,37?,38?,39?,46?,50?,51?/m0/s1. The number of carbonyl (C=O) groups is 8. The molecule has 75 heavy (non-hydrogen) atoms. The van der Waals surface area contributed by atoms with Crippen molar-refractivity contribution < 1.29 is 81.4 Å². The quantitative estimate of drug-likeness (QED) is 0.0776. The van der Waals surface area contributed by atoms with E-state index in [0.717, 1.165) is 32.7 Å². The highest BCUT2D eigenvalue weighted by atomic mass is 35.5. The number of halogens is 1. The summed E-state index contributed by atoms with van der Waals surface area (Å²) in [4.78, 5) is 109. The second-order valence-electron chi connectivity index (χ2n) is 19.1. The van der Waals surface area contributed by atoms with Gasteiger partial charge in [-0.1, -0.05) is 42.3 Å². The Balaban J connectivity index is 1.03. The number of methoxy groups -OCH3 is 2. The average molecular weight is 1090 g/mol. The van der Waals surface area contributed by atoms with Crippen LogP contribution in [-0.4, -0.2) is 201 Å². The highest BCUT2D eigenvalue weighted by Gasteiger charge is 2.64. The molecule has 9 atom stereocenters. The first-order valence-electron chi connectivity index (χ1n) is 24.7. The molecule has 22 nitrogen and oxygen atoms in total. The number of likely N-dealkylation sites (N-methyl/N-ethyl adjacent to an activating group) is 1. The third-order valence-electron chi connectivity index (χ3n) is 13.9. The molecule has 0 saturated carbocycles. The van der Waals surface area contributed by atoms with Gasteiger partial charge in [0.15, 0.2) is 5.72 Å². The molecular weight excluding hydrogens is 1020 g/mol. The number of esters is 1. The maximum absolute atomic E-state index is 14.3. The minimum Gasteiger partial charge on any atom is -0.495 e. The lowest BCUT2D eigenvalue weighted by atomic mass is 9.83. The monoisotopic (exact) mass is 1090 g/mol. The highest BCUT2D eigenvalue weighted by molar-refractivity contribution is 8.00.